The number of hydrogen-bond acceptors (Lipinski definition) is 4. The van der Waals surface area contributed by atoms with Gasteiger partial charge in [0.1, 0.15) is 0 Å². The summed E-state index contributed by atoms with van der Waals surface area (Å²) in [7, 11) is 5.36. The van der Waals surface area contributed by atoms with E-state index in [9.17, 15) is 4.79 Å². The first-order chi connectivity index (χ1) is 12.1. The van der Waals surface area contributed by atoms with E-state index in [4.69, 9.17) is 21.1 Å². The summed E-state index contributed by atoms with van der Waals surface area (Å²) in [5.74, 6) is 2.29. The number of nitrogens with zero attached hydrogens (tertiary/aromatic N) is 2. The van der Waals surface area contributed by atoms with Crippen molar-refractivity contribution in [3.8, 4) is 11.5 Å². The lowest BCUT2D eigenvalue weighted by molar-refractivity contribution is -0.130. The van der Waals surface area contributed by atoms with Crippen LogP contribution in [0.15, 0.2) is 12.1 Å². The topological polar surface area (TPSA) is 42.0 Å². The van der Waals surface area contributed by atoms with Crippen LogP contribution in [-0.4, -0.2) is 69.0 Å². The predicted molar refractivity (Wildman–Crippen MR) is 101 cm³/mol. The standard InChI is InChI=1S/C19H29ClN2O3/c1-21(8-4-7-20)9-5-10-22-11-6-15-12-17(24-2)18(25-3)13-16(15)14-19(22)23/h12-13H,4-11,14H2,1-3H3. The number of ether oxygens (including phenoxy) is 2. The van der Waals surface area contributed by atoms with E-state index in [2.05, 4.69) is 11.9 Å². The summed E-state index contributed by atoms with van der Waals surface area (Å²) < 4.78 is 10.7. The molecule has 0 saturated carbocycles. The Hall–Kier alpha value is -1.46. The van der Waals surface area contributed by atoms with Crippen molar-refractivity contribution in [2.45, 2.75) is 25.7 Å². The monoisotopic (exact) mass is 368 g/mol. The molecule has 0 saturated heterocycles. The Morgan fingerprint density at radius 3 is 2.40 bits per heavy atom. The Labute approximate surface area is 155 Å². The SMILES string of the molecule is COc1cc2c(cc1OC)CC(=O)N(CCCN(C)CCCCl)CC2. The molecule has 6 heteroatoms. The van der Waals surface area contributed by atoms with Gasteiger partial charge in [0.2, 0.25) is 5.91 Å². The van der Waals surface area contributed by atoms with Gasteiger partial charge in [-0.25, -0.2) is 0 Å². The Balaban J connectivity index is 1.94. The molecule has 140 valence electrons. The zero-order valence-electron chi connectivity index (χ0n) is 15.5. The normalized spacial score (nSPS) is 14.4. The number of carbonyl (C=O) groups is 1. The Kier molecular flexibility index (Phi) is 7.85. The van der Waals surface area contributed by atoms with Gasteiger partial charge < -0.3 is 19.3 Å². The van der Waals surface area contributed by atoms with Gasteiger partial charge in [-0.2, -0.15) is 0 Å². The average Bonchev–Trinajstić information content (AvgIpc) is 2.77. The van der Waals surface area contributed by atoms with Crippen molar-refractivity contribution in [3.63, 3.8) is 0 Å². The van der Waals surface area contributed by atoms with Crippen LogP contribution in [0, 0.1) is 0 Å². The van der Waals surface area contributed by atoms with Crippen molar-refractivity contribution >= 4 is 17.5 Å². The van der Waals surface area contributed by atoms with Gasteiger partial charge in [-0.15, -0.1) is 11.6 Å². The smallest absolute Gasteiger partial charge is 0.227 e. The van der Waals surface area contributed by atoms with E-state index >= 15 is 0 Å². The zero-order valence-corrected chi connectivity index (χ0v) is 16.3. The number of alkyl halides is 1. The van der Waals surface area contributed by atoms with Crippen LogP contribution in [0.4, 0.5) is 0 Å². The van der Waals surface area contributed by atoms with Crippen LogP contribution in [-0.2, 0) is 17.6 Å². The number of methoxy groups -OCH3 is 2. The summed E-state index contributed by atoms with van der Waals surface area (Å²) in [6, 6.07) is 3.94. The van der Waals surface area contributed by atoms with Gasteiger partial charge in [-0.1, -0.05) is 0 Å². The summed E-state index contributed by atoms with van der Waals surface area (Å²) in [6.45, 7) is 3.54. The Bertz CT molecular complexity index is 580. The number of carbonyl (C=O) groups excluding carboxylic acids is 1. The second kappa shape index (κ2) is 9.88. The lowest BCUT2D eigenvalue weighted by atomic mass is 10.0. The molecule has 0 spiro atoms. The maximum absolute atomic E-state index is 12.6. The van der Waals surface area contributed by atoms with E-state index in [0.717, 1.165) is 56.8 Å². The molecule has 0 aliphatic carbocycles. The van der Waals surface area contributed by atoms with E-state index in [0.29, 0.717) is 18.1 Å². The zero-order chi connectivity index (χ0) is 18.2. The summed E-state index contributed by atoms with van der Waals surface area (Å²) in [6.07, 6.45) is 3.26. The van der Waals surface area contributed by atoms with Crippen LogP contribution >= 0.6 is 11.6 Å². The quantitative estimate of drug-likeness (QED) is 0.628. The summed E-state index contributed by atoms with van der Waals surface area (Å²) in [5.41, 5.74) is 2.22. The molecule has 2 rings (SSSR count). The highest BCUT2D eigenvalue weighted by atomic mass is 35.5. The molecule has 0 fully saturated rings. The molecule has 0 unspecified atom stereocenters. The molecule has 0 aromatic heterocycles. The fourth-order valence-corrected chi connectivity index (χ4v) is 3.34. The fraction of sp³-hybridized carbons (Fsp3) is 0.632. The molecule has 1 amide bonds. The van der Waals surface area contributed by atoms with Crippen molar-refractivity contribution in [3.05, 3.63) is 23.3 Å². The molecule has 5 nitrogen and oxygen atoms in total. The minimum absolute atomic E-state index is 0.189. The lowest BCUT2D eigenvalue weighted by Gasteiger charge is -2.22. The molecule has 1 aromatic rings. The number of benzene rings is 1. The fourth-order valence-electron chi connectivity index (χ4n) is 3.22. The molecule has 1 aliphatic heterocycles. The van der Waals surface area contributed by atoms with Gasteiger partial charge >= 0.3 is 0 Å². The Morgan fingerprint density at radius 1 is 1.12 bits per heavy atom. The number of rotatable bonds is 9. The van der Waals surface area contributed by atoms with Gasteiger partial charge in [-0.05, 0) is 62.7 Å². The molecule has 1 aromatic carbocycles. The number of fused-ring (bicyclic) bond motifs is 1. The molecule has 0 atom stereocenters. The van der Waals surface area contributed by atoms with Gasteiger partial charge in [0.05, 0.1) is 20.6 Å². The number of halogens is 1. The van der Waals surface area contributed by atoms with Crippen LogP contribution in [0.5, 0.6) is 11.5 Å². The van der Waals surface area contributed by atoms with Crippen molar-refractivity contribution in [2.75, 3.05) is 53.3 Å². The maximum atomic E-state index is 12.6. The molecule has 0 radical (unpaired) electrons. The van der Waals surface area contributed by atoms with E-state index in [1.807, 2.05) is 17.0 Å². The third kappa shape index (κ3) is 5.51. The van der Waals surface area contributed by atoms with Crippen molar-refractivity contribution in [2.24, 2.45) is 0 Å². The van der Waals surface area contributed by atoms with Crippen molar-refractivity contribution in [1.29, 1.82) is 0 Å². The summed E-state index contributed by atoms with van der Waals surface area (Å²) in [4.78, 5) is 16.9. The molecule has 1 aliphatic rings. The van der Waals surface area contributed by atoms with Gasteiger partial charge in [0.25, 0.3) is 0 Å². The predicted octanol–water partition coefficient (Wildman–Crippen LogP) is 2.58. The first-order valence-electron chi connectivity index (χ1n) is 8.85. The van der Waals surface area contributed by atoms with E-state index in [-0.39, 0.29) is 5.91 Å². The van der Waals surface area contributed by atoms with E-state index in [1.54, 1.807) is 14.2 Å². The van der Waals surface area contributed by atoms with Crippen LogP contribution < -0.4 is 9.47 Å². The number of hydrogen-bond donors (Lipinski definition) is 0. The highest BCUT2D eigenvalue weighted by Crippen LogP contribution is 2.32. The highest BCUT2D eigenvalue weighted by Gasteiger charge is 2.22. The maximum Gasteiger partial charge on any atom is 0.227 e. The molecular formula is C19H29ClN2O3. The van der Waals surface area contributed by atoms with Gasteiger partial charge in [0.15, 0.2) is 11.5 Å². The van der Waals surface area contributed by atoms with Crippen molar-refractivity contribution < 1.29 is 14.3 Å². The average molecular weight is 369 g/mol. The van der Waals surface area contributed by atoms with Crippen LogP contribution in [0.2, 0.25) is 0 Å². The first kappa shape index (κ1) is 19.9. The number of amides is 1. The van der Waals surface area contributed by atoms with Crippen LogP contribution in [0.1, 0.15) is 24.0 Å². The molecule has 0 bridgehead atoms. The van der Waals surface area contributed by atoms with E-state index < -0.39 is 0 Å². The van der Waals surface area contributed by atoms with Crippen molar-refractivity contribution in [1.82, 2.24) is 9.80 Å². The molecule has 0 N–H and O–H groups in total. The molecular weight excluding hydrogens is 340 g/mol. The van der Waals surface area contributed by atoms with Crippen LogP contribution in [0.25, 0.3) is 0 Å². The Morgan fingerprint density at radius 2 is 1.76 bits per heavy atom. The second-order valence-corrected chi connectivity index (χ2v) is 6.86. The molecule has 25 heavy (non-hydrogen) atoms. The van der Waals surface area contributed by atoms with E-state index in [1.165, 1.54) is 5.56 Å². The third-order valence-corrected chi connectivity index (χ3v) is 4.96. The lowest BCUT2D eigenvalue weighted by Crippen LogP contribution is -2.35. The largest absolute Gasteiger partial charge is 0.493 e. The summed E-state index contributed by atoms with van der Waals surface area (Å²) >= 11 is 5.73. The van der Waals surface area contributed by atoms with Crippen LogP contribution in [0.3, 0.4) is 0 Å². The minimum Gasteiger partial charge on any atom is -0.493 e. The van der Waals surface area contributed by atoms with Gasteiger partial charge in [0, 0.05) is 19.0 Å². The highest BCUT2D eigenvalue weighted by molar-refractivity contribution is 6.17. The first-order valence-corrected chi connectivity index (χ1v) is 9.38. The minimum atomic E-state index is 0.189. The second-order valence-electron chi connectivity index (χ2n) is 6.48. The van der Waals surface area contributed by atoms with Gasteiger partial charge in [-0.3, -0.25) is 4.79 Å². The summed E-state index contributed by atoms with van der Waals surface area (Å²) in [5, 5.41) is 0. The third-order valence-electron chi connectivity index (χ3n) is 4.69. The molecule has 1 heterocycles.